The first kappa shape index (κ1) is 11.9. The molecule has 0 aromatic rings. The second kappa shape index (κ2) is 5.17. The van der Waals surface area contributed by atoms with Crippen molar-refractivity contribution in [2.45, 2.75) is 58.0 Å². The van der Waals surface area contributed by atoms with E-state index < -0.39 is 0 Å². The SMILES string of the molecule is CCOC(=O)CC(C)N(CC1CC1)C1CC1. The maximum Gasteiger partial charge on any atom is 0.307 e. The van der Waals surface area contributed by atoms with Crippen molar-refractivity contribution in [1.29, 1.82) is 0 Å². The summed E-state index contributed by atoms with van der Waals surface area (Å²) in [7, 11) is 0. The molecule has 2 rings (SSSR count). The maximum atomic E-state index is 11.5. The van der Waals surface area contributed by atoms with Gasteiger partial charge in [-0.15, -0.1) is 0 Å². The smallest absolute Gasteiger partial charge is 0.307 e. The monoisotopic (exact) mass is 225 g/mol. The van der Waals surface area contributed by atoms with Crippen molar-refractivity contribution in [3.05, 3.63) is 0 Å². The Morgan fingerprint density at radius 3 is 2.56 bits per heavy atom. The number of carbonyl (C=O) groups excluding carboxylic acids is 1. The lowest BCUT2D eigenvalue weighted by Gasteiger charge is -2.28. The third-order valence-electron chi connectivity index (χ3n) is 3.52. The van der Waals surface area contributed by atoms with Crippen LogP contribution in [-0.4, -0.2) is 36.1 Å². The average molecular weight is 225 g/mol. The number of hydrogen-bond acceptors (Lipinski definition) is 3. The summed E-state index contributed by atoms with van der Waals surface area (Å²) in [6.07, 6.45) is 5.96. The highest BCUT2D eigenvalue weighted by atomic mass is 16.5. The number of nitrogens with zero attached hydrogens (tertiary/aromatic N) is 1. The topological polar surface area (TPSA) is 29.5 Å². The van der Waals surface area contributed by atoms with Gasteiger partial charge in [-0.3, -0.25) is 9.69 Å². The maximum absolute atomic E-state index is 11.5. The van der Waals surface area contributed by atoms with Crippen LogP contribution in [-0.2, 0) is 9.53 Å². The molecule has 0 heterocycles. The van der Waals surface area contributed by atoms with Crippen LogP contribution in [0.15, 0.2) is 0 Å². The van der Waals surface area contributed by atoms with E-state index in [4.69, 9.17) is 4.74 Å². The first-order valence-corrected chi connectivity index (χ1v) is 6.62. The third kappa shape index (κ3) is 3.48. The molecule has 1 atom stereocenters. The van der Waals surface area contributed by atoms with Crippen molar-refractivity contribution in [2.24, 2.45) is 5.92 Å². The Morgan fingerprint density at radius 1 is 1.38 bits per heavy atom. The molecular weight excluding hydrogens is 202 g/mol. The summed E-state index contributed by atoms with van der Waals surface area (Å²) in [5.41, 5.74) is 0. The van der Waals surface area contributed by atoms with E-state index in [2.05, 4.69) is 11.8 Å². The molecule has 2 saturated carbocycles. The van der Waals surface area contributed by atoms with Gasteiger partial charge >= 0.3 is 5.97 Å². The van der Waals surface area contributed by atoms with Gasteiger partial charge in [-0.1, -0.05) is 0 Å². The Labute approximate surface area is 98.1 Å². The van der Waals surface area contributed by atoms with Gasteiger partial charge in [-0.2, -0.15) is 0 Å². The van der Waals surface area contributed by atoms with Gasteiger partial charge in [0.25, 0.3) is 0 Å². The number of esters is 1. The van der Waals surface area contributed by atoms with Crippen molar-refractivity contribution in [3.8, 4) is 0 Å². The molecule has 0 aromatic carbocycles. The highest BCUT2D eigenvalue weighted by Gasteiger charge is 2.36. The van der Waals surface area contributed by atoms with Crippen LogP contribution in [0, 0.1) is 5.92 Å². The second-order valence-corrected chi connectivity index (χ2v) is 5.23. The van der Waals surface area contributed by atoms with Crippen molar-refractivity contribution in [3.63, 3.8) is 0 Å². The molecule has 2 aliphatic rings. The molecule has 0 aliphatic heterocycles. The quantitative estimate of drug-likeness (QED) is 0.622. The Morgan fingerprint density at radius 2 is 2.06 bits per heavy atom. The minimum atomic E-state index is -0.0450. The van der Waals surface area contributed by atoms with Crippen molar-refractivity contribution >= 4 is 5.97 Å². The molecule has 3 heteroatoms. The highest BCUT2D eigenvalue weighted by molar-refractivity contribution is 5.70. The summed E-state index contributed by atoms with van der Waals surface area (Å²) in [4.78, 5) is 14.0. The van der Waals surface area contributed by atoms with Crippen LogP contribution >= 0.6 is 0 Å². The minimum absolute atomic E-state index is 0.0450. The minimum Gasteiger partial charge on any atom is -0.466 e. The van der Waals surface area contributed by atoms with Gasteiger partial charge in [-0.05, 0) is 45.4 Å². The van der Waals surface area contributed by atoms with E-state index >= 15 is 0 Å². The Bertz CT molecular complexity index is 246. The zero-order valence-corrected chi connectivity index (χ0v) is 10.4. The van der Waals surface area contributed by atoms with Crippen LogP contribution in [0.4, 0.5) is 0 Å². The van der Waals surface area contributed by atoms with Crippen LogP contribution < -0.4 is 0 Å². The Balaban J connectivity index is 1.78. The first-order chi connectivity index (χ1) is 7.70. The molecule has 92 valence electrons. The molecule has 16 heavy (non-hydrogen) atoms. The fourth-order valence-electron chi connectivity index (χ4n) is 2.27. The number of hydrogen-bond donors (Lipinski definition) is 0. The summed E-state index contributed by atoms with van der Waals surface area (Å²) in [5, 5.41) is 0. The van der Waals surface area contributed by atoms with E-state index in [0.29, 0.717) is 19.1 Å². The summed E-state index contributed by atoms with van der Waals surface area (Å²) in [5.74, 6) is 0.863. The number of ether oxygens (including phenoxy) is 1. The first-order valence-electron chi connectivity index (χ1n) is 6.62. The molecule has 0 amide bonds. The molecule has 0 saturated heterocycles. The van der Waals surface area contributed by atoms with Gasteiger partial charge in [0.05, 0.1) is 13.0 Å². The predicted molar refractivity (Wildman–Crippen MR) is 63.2 cm³/mol. The van der Waals surface area contributed by atoms with Crippen LogP contribution in [0.3, 0.4) is 0 Å². The van der Waals surface area contributed by atoms with Crippen molar-refractivity contribution < 1.29 is 9.53 Å². The van der Waals surface area contributed by atoms with Gasteiger partial charge in [-0.25, -0.2) is 0 Å². The normalized spacial score (nSPS) is 22.2. The van der Waals surface area contributed by atoms with Gasteiger partial charge in [0, 0.05) is 18.6 Å². The van der Waals surface area contributed by atoms with E-state index in [1.54, 1.807) is 0 Å². The van der Waals surface area contributed by atoms with Crippen molar-refractivity contribution in [2.75, 3.05) is 13.2 Å². The predicted octanol–water partition coefficient (Wildman–Crippen LogP) is 2.20. The summed E-state index contributed by atoms with van der Waals surface area (Å²) in [6, 6.07) is 1.11. The third-order valence-corrected chi connectivity index (χ3v) is 3.52. The van der Waals surface area contributed by atoms with Crippen LogP contribution in [0.25, 0.3) is 0 Å². The lowest BCUT2D eigenvalue weighted by molar-refractivity contribution is -0.144. The molecule has 2 aliphatic carbocycles. The van der Waals surface area contributed by atoms with E-state index in [9.17, 15) is 4.79 Å². The van der Waals surface area contributed by atoms with Gasteiger partial charge < -0.3 is 4.74 Å². The molecule has 0 N–H and O–H groups in total. The molecule has 0 aromatic heterocycles. The van der Waals surface area contributed by atoms with E-state index in [1.165, 1.54) is 32.2 Å². The van der Waals surface area contributed by atoms with E-state index in [-0.39, 0.29) is 5.97 Å². The standard InChI is InChI=1S/C13H23NO2/c1-3-16-13(15)8-10(2)14(12-6-7-12)9-11-4-5-11/h10-12H,3-9H2,1-2H3. The lowest BCUT2D eigenvalue weighted by Crippen LogP contribution is -2.38. The van der Waals surface area contributed by atoms with Gasteiger partial charge in [0.1, 0.15) is 0 Å². The van der Waals surface area contributed by atoms with Crippen molar-refractivity contribution in [1.82, 2.24) is 4.90 Å². The van der Waals surface area contributed by atoms with Gasteiger partial charge in [0.15, 0.2) is 0 Å². The van der Waals surface area contributed by atoms with E-state index in [0.717, 1.165) is 12.0 Å². The van der Waals surface area contributed by atoms with Crippen LogP contribution in [0.2, 0.25) is 0 Å². The molecule has 0 spiro atoms. The number of carbonyl (C=O) groups is 1. The zero-order valence-electron chi connectivity index (χ0n) is 10.4. The summed E-state index contributed by atoms with van der Waals surface area (Å²) in [6.45, 7) is 5.73. The molecule has 3 nitrogen and oxygen atoms in total. The summed E-state index contributed by atoms with van der Waals surface area (Å²) >= 11 is 0. The summed E-state index contributed by atoms with van der Waals surface area (Å²) < 4.78 is 5.02. The van der Waals surface area contributed by atoms with Gasteiger partial charge in [0.2, 0.25) is 0 Å². The Kier molecular flexibility index (Phi) is 3.85. The molecule has 2 fully saturated rings. The van der Waals surface area contributed by atoms with Crippen LogP contribution in [0.1, 0.15) is 46.0 Å². The average Bonchev–Trinajstić information content (AvgIpc) is 3.08. The molecule has 1 unspecified atom stereocenters. The molecule has 0 radical (unpaired) electrons. The zero-order chi connectivity index (χ0) is 11.5. The largest absolute Gasteiger partial charge is 0.466 e. The fourth-order valence-corrected chi connectivity index (χ4v) is 2.27. The highest BCUT2D eigenvalue weighted by Crippen LogP contribution is 2.36. The number of rotatable bonds is 7. The molecular formula is C13H23NO2. The lowest BCUT2D eigenvalue weighted by atomic mass is 10.2. The molecule has 0 bridgehead atoms. The Hall–Kier alpha value is -0.570. The van der Waals surface area contributed by atoms with E-state index in [1.807, 2.05) is 6.92 Å². The second-order valence-electron chi connectivity index (χ2n) is 5.23. The van der Waals surface area contributed by atoms with Crippen LogP contribution in [0.5, 0.6) is 0 Å². The fraction of sp³-hybridized carbons (Fsp3) is 0.923.